The van der Waals surface area contributed by atoms with E-state index in [1.165, 1.54) is 12.1 Å². The van der Waals surface area contributed by atoms with Gasteiger partial charge < -0.3 is 19.9 Å². The van der Waals surface area contributed by atoms with Crippen LogP contribution in [-0.4, -0.2) is 53.7 Å². The molecular weight excluding hydrogens is 375 g/mol. The molecule has 1 saturated heterocycles. The number of urea groups is 1. The fourth-order valence-electron chi connectivity index (χ4n) is 2.88. The average Bonchev–Trinajstić information content (AvgIpc) is 2.59. The summed E-state index contributed by atoms with van der Waals surface area (Å²) >= 11 is 0. The molecule has 0 aliphatic carbocycles. The molecule has 1 N–H and O–H groups in total. The number of hydrogen-bond donors (Lipinski definition) is 1. The van der Waals surface area contributed by atoms with Crippen molar-refractivity contribution >= 4 is 17.8 Å². The van der Waals surface area contributed by atoms with Crippen LogP contribution in [0.2, 0.25) is 0 Å². The quantitative estimate of drug-likeness (QED) is 0.790. The van der Waals surface area contributed by atoms with Crippen molar-refractivity contribution < 1.29 is 27.5 Å². The van der Waals surface area contributed by atoms with Crippen LogP contribution >= 0.6 is 0 Å². The van der Waals surface area contributed by atoms with Crippen LogP contribution in [-0.2, 0) is 10.9 Å². The molecule has 1 aliphatic rings. The Morgan fingerprint density at radius 2 is 1.64 bits per heavy atom. The molecule has 1 aromatic rings. The molecule has 1 aliphatic heterocycles. The Labute approximate surface area is 162 Å². The number of piperidine rings is 1. The Bertz CT molecular complexity index is 691. The van der Waals surface area contributed by atoms with E-state index in [1.54, 1.807) is 37.6 Å². The van der Waals surface area contributed by atoms with Crippen LogP contribution in [0.15, 0.2) is 24.3 Å². The fraction of sp³-hybridized carbons (Fsp3) is 0.579. The molecule has 0 spiro atoms. The van der Waals surface area contributed by atoms with Crippen LogP contribution in [0.3, 0.4) is 0 Å². The summed E-state index contributed by atoms with van der Waals surface area (Å²) in [6.07, 6.45) is -3.63. The summed E-state index contributed by atoms with van der Waals surface area (Å²) in [6.45, 7) is 6.27. The van der Waals surface area contributed by atoms with Crippen LogP contribution in [0, 0.1) is 0 Å². The lowest BCUT2D eigenvalue weighted by Crippen LogP contribution is -2.49. The molecule has 28 heavy (non-hydrogen) atoms. The summed E-state index contributed by atoms with van der Waals surface area (Å²) in [5.74, 6) is 0. The van der Waals surface area contributed by atoms with E-state index < -0.39 is 23.4 Å². The summed E-state index contributed by atoms with van der Waals surface area (Å²) in [5, 5.41) is 2.60. The highest BCUT2D eigenvalue weighted by molar-refractivity contribution is 5.89. The predicted molar refractivity (Wildman–Crippen MR) is 99.1 cm³/mol. The first kappa shape index (κ1) is 21.8. The van der Waals surface area contributed by atoms with Gasteiger partial charge in [0.05, 0.1) is 5.56 Å². The largest absolute Gasteiger partial charge is 0.444 e. The number of nitrogens with one attached hydrogen (secondary N) is 1. The monoisotopic (exact) mass is 401 g/mol. The second kappa shape index (κ2) is 8.28. The molecule has 156 valence electrons. The Morgan fingerprint density at radius 1 is 1.11 bits per heavy atom. The molecule has 1 aromatic carbocycles. The van der Waals surface area contributed by atoms with E-state index in [9.17, 15) is 22.8 Å². The molecule has 0 bridgehead atoms. The molecule has 0 saturated carbocycles. The zero-order valence-corrected chi connectivity index (χ0v) is 16.5. The van der Waals surface area contributed by atoms with Gasteiger partial charge in [0.15, 0.2) is 0 Å². The maximum atomic E-state index is 12.6. The number of carbonyl (C=O) groups is 2. The van der Waals surface area contributed by atoms with Gasteiger partial charge in [0.2, 0.25) is 0 Å². The number of carbonyl (C=O) groups excluding carboxylic acids is 2. The second-order valence-corrected chi connectivity index (χ2v) is 7.81. The number of benzene rings is 1. The van der Waals surface area contributed by atoms with Crippen molar-refractivity contribution in [2.75, 3.05) is 25.5 Å². The molecule has 1 fully saturated rings. The maximum Gasteiger partial charge on any atom is 0.416 e. The molecule has 3 amide bonds. The van der Waals surface area contributed by atoms with Gasteiger partial charge in [0.1, 0.15) is 5.60 Å². The molecule has 1 heterocycles. The molecule has 0 unspecified atom stereocenters. The van der Waals surface area contributed by atoms with Gasteiger partial charge in [-0.25, -0.2) is 9.59 Å². The number of halogens is 3. The summed E-state index contributed by atoms with van der Waals surface area (Å²) < 4.78 is 43.1. The van der Waals surface area contributed by atoms with Crippen molar-refractivity contribution in [3.63, 3.8) is 0 Å². The molecule has 2 rings (SSSR count). The minimum absolute atomic E-state index is 0.0371. The van der Waals surface area contributed by atoms with Crippen molar-refractivity contribution in [2.45, 2.75) is 51.4 Å². The third-order valence-electron chi connectivity index (χ3n) is 4.44. The van der Waals surface area contributed by atoms with Crippen molar-refractivity contribution in [2.24, 2.45) is 0 Å². The van der Waals surface area contributed by atoms with Gasteiger partial charge in [-0.1, -0.05) is 0 Å². The lowest BCUT2D eigenvalue weighted by atomic mass is 10.0. The topological polar surface area (TPSA) is 61.9 Å². The van der Waals surface area contributed by atoms with Gasteiger partial charge >= 0.3 is 18.3 Å². The Kier molecular flexibility index (Phi) is 6.46. The van der Waals surface area contributed by atoms with Gasteiger partial charge in [-0.2, -0.15) is 13.2 Å². The highest BCUT2D eigenvalue weighted by Crippen LogP contribution is 2.30. The van der Waals surface area contributed by atoms with E-state index in [0.717, 1.165) is 12.1 Å². The van der Waals surface area contributed by atoms with Gasteiger partial charge in [-0.3, -0.25) is 0 Å². The lowest BCUT2D eigenvalue weighted by Gasteiger charge is -2.37. The third kappa shape index (κ3) is 6.03. The number of alkyl halides is 3. The van der Waals surface area contributed by atoms with E-state index in [0.29, 0.717) is 31.6 Å². The Morgan fingerprint density at radius 3 is 2.11 bits per heavy atom. The molecule has 6 nitrogen and oxygen atoms in total. The number of anilines is 1. The van der Waals surface area contributed by atoms with Crippen LogP contribution in [0.25, 0.3) is 0 Å². The SMILES string of the molecule is CN(C(=O)OC(C)(C)C)C1CCN(C(=O)Nc2ccc(C(F)(F)F)cc2)CC1. The number of rotatable bonds is 2. The van der Waals surface area contributed by atoms with Gasteiger partial charge in [-0.05, 0) is 57.9 Å². The Balaban J connectivity index is 1.85. The van der Waals surface area contributed by atoms with Crippen LogP contribution in [0.4, 0.5) is 28.4 Å². The van der Waals surface area contributed by atoms with Gasteiger partial charge in [0.25, 0.3) is 0 Å². The minimum atomic E-state index is -4.41. The first-order valence-electron chi connectivity index (χ1n) is 9.06. The standard InChI is InChI=1S/C19H26F3N3O3/c1-18(2,3)28-17(27)24(4)15-9-11-25(12-10-15)16(26)23-14-7-5-13(6-8-14)19(20,21)22/h5-8,15H,9-12H2,1-4H3,(H,23,26). The average molecular weight is 401 g/mol. The Hall–Kier alpha value is -2.45. The van der Waals surface area contributed by atoms with E-state index >= 15 is 0 Å². The van der Waals surface area contributed by atoms with Crippen LogP contribution in [0.1, 0.15) is 39.2 Å². The highest BCUT2D eigenvalue weighted by atomic mass is 19.4. The smallest absolute Gasteiger partial charge is 0.416 e. The van der Waals surface area contributed by atoms with Gasteiger partial charge in [0, 0.05) is 31.9 Å². The van der Waals surface area contributed by atoms with Crippen molar-refractivity contribution in [3.05, 3.63) is 29.8 Å². The first-order valence-corrected chi connectivity index (χ1v) is 9.06. The summed E-state index contributed by atoms with van der Waals surface area (Å²) in [7, 11) is 1.68. The zero-order valence-electron chi connectivity index (χ0n) is 16.5. The zero-order chi connectivity index (χ0) is 21.1. The normalized spacial score (nSPS) is 15.9. The summed E-state index contributed by atoms with van der Waals surface area (Å²) in [5.41, 5.74) is -1.05. The van der Waals surface area contributed by atoms with E-state index in [-0.39, 0.29) is 12.1 Å². The van der Waals surface area contributed by atoms with E-state index in [4.69, 9.17) is 4.74 Å². The molecule has 9 heteroatoms. The molecule has 0 atom stereocenters. The number of nitrogens with zero attached hydrogens (tertiary/aromatic N) is 2. The van der Waals surface area contributed by atoms with Crippen LogP contribution < -0.4 is 5.32 Å². The summed E-state index contributed by atoms with van der Waals surface area (Å²) in [6, 6.07) is 3.89. The van der Waals surface area contributed by atoms with Crippen LogP contribution in [0.5, 0.6) is 0 Å². The minimum Gasteiger partial charge on any atom is -0.444 e. The second-order valence-electron chi connectivity index (χ2n) is 7.81. The molecular formula is C19H26F3N3O3. The van der Waals surface area contributed by atoms with E-state index in [1.807, 2.05) is 0 Å². The molecule has 0 aromatic heterocycles. The van der Waals surface area contributed by atoms with Crippen molar-refractivity contribution in [1.29, 1.82) is 0 Å². The van der Waals surface area contributed by atoms with E-state index in [2.05, 4.69) is 5.32 Å². The highest BCUT2D eigenvalue weighted by Gasteiger charge is 2.31. The lowest BCUT2D eigenvalue weighted by molar-refractivity contribution is -0.137. The predicted octanol–water partition coefficient (Wildman–Crippen LogP) is 4.57. The number of ether oxygens (including phenoxy) is 1. The molecule has 0 radical (unpaired) electrons. The van der Waals surface area contributed by atoms with Crippen molar-refractivity contribution in [3.8, 4) is 0 Å². The third-order valence-corrected chi connectivity index (χ3v) is 4.44. The maximum absolute atomic E-state index is 12.6. The fourth-order valence-corrected chi connectivity index (χ4v) is 2.88. The number of likely N-dealkylation sites (tertiary alicyclic amines) is 1. The number of hydrogen-bond acceptors (Lipinski definition) is 3. The van der Waals surface area contributed by atoms with Crippen molar-refractivity contribution in [1.82, 2.24) is 9.80 Å². The first-order chi connectivity index (χ1) is 12.9. The summed E-state index contributed by atoms with van der Waals surface area (Å²) in [4.78, 5) is 27.6. The van der Waals surface area contributed by atoms with Gasteiger partial charge in [-0.15, -0.1) is 0 Å². The number of amides is 3.